The average molecular weight is 174 g/mol. The Morgan fingerprint density at radius 1 is 1.75 bits per heavy atom. The maximum Gasteiger partial charge on any atom is 0.293 e. The van der Waals surface area contributed by atoms with E-state index in [-0.39, 0.29) is 13.2 Å². The topological polar surface area (TPSA) is 76.0 Å². The molecule has 0 radical (unpaired) electrons. The second-order valence-electron chi connectivity index (χ2n) is 2.41. The first-order valence-corrected chi connectivity index (χ1v) is 3.49. The molecule has 1 heterocycles. The average Bonchev–Trinajstić information content (AvgIpc) is 2.07. The summed E-state index contributed by atoms with van der Waals surface area (Å²) < 4.78 is 9.32. The Morgan fingerprint density at radius 3 is 3.08 bits per heavy atom. The molecule has 1 aliphatic heterocycles. The molecule has 0 spiro atoms. The quantitative estimate of drug-likeness (QED) is 0.525. The van der Waals surface area contributed by atoms with E-state index >= 15 is 0 Å². The van der Waals surface area contributed by atoms with Crippen LogP contribution in [0.4, 0.5) is 0 Å². The first kappa shape index (κ1) is 9.02. The van der Waals surface area contributed by atoms with Crippen LogP contribution in [0.25, 0.3) is 0 Å². The van der Waals surface area contributed by atoms with Crippen LogP contribution in [0.5, 0.6) is 0 Å². The summed E-state index contributed by atoms with van der Waals surface area (Å²) in [6.45, 7) is 0.310. The summed E-state index contributed by atoms with van der Waals surface area (Å²) in [4.78, 5) is 9.78. The van der Waals surface area contributed by atoms with E-state index in [9.17, 15) is 4.79 Å². The number of hydrogen-bond acceptors (Lipinski definition) is 5. The van der Waals surface area contributed by atoms with E-state index in [0.29, 0.717) is 12.2 Å². The van der Waals surface area contributed by atoms with E-state index in [1.54, 1.807) is 0 Å². The van der Waals surface area contributed by atoms with Gasteiger partial charge in [0.25, 0.3) is 6.47 Å². The molecule has 0 fully saturated rings. The van der Waals surface area contributed by atoms with Gasteiger partial charge in [0.1, 0.15) is 31.2 Å². The minimum Gasteiger partial charge on any atom is -0.492 e. The molecule has 12 heavy (non-hydrogen) atoms. The van der Waals surface area contributed by atoms with Gasteiger partial charge in [0.2, 0.25) is 0 Å². The lowest BCUT2D eigenvalue weighted by molar-refractivity contribution is -0.129. The molecular weight excluding hydrogens is 164 g/mol. The van der Waals surface area contributed by atoms with E-state index in [0.717, 1.165) is 0 Å². The molecule has 0 aromatic carbocycles. The number of aliphatic hydroxyl groups is 2. The third-order valence-corrected chi connectivity index (χ3v) is 1.48. The molecule has 0 saturated heterocycles. The molecule has 0 aromatic rings. The number of ether oxygens (including phenoxy) is 2. The van der Waals surface area contributed by atoms with Crippen molar-refractivity contribution in [1.29, 1.82) is 0 Å². The predicted octanol–water partition coefficient (Wildman–Crippen LogP) is -1.20. The van der Waals surface area contributed by atoms with Crippen LogP contribution in [-0.4, -0.2) is 42.1 Å². The SMILES string of the molecule is O=COCC1=C[C@H](O)C(O)CO1. The highest BCUT2D eigenvalue weighted by Crippen LogP contribution is 2.11. The van der Waals surface area contributed by atoms with Crippen molar-refractivity contribution in [2.45, 2.75) is 12.2 Å². The fraction of sp³-hybridized carbons (Fsp3) is 0.571. The van der Waals surface area contributed by atoms with Crippen LogP contribution >= 0.6 is 0 Å². The van der Waals surface area contributed by atoms with Gasteiger partial charge in [-0.2, -0.15) is 0 Å². The third kappa shape index (κ3) is 2.21. The second kappa shape index (κ2) is 4.08. The zero-order chi connectivity index (χ0) is 8.97. The minimum absolute atomic E-state index is 0.00667. The smallest absolute Gasteiger partial charge is 0.293 e. The zero-order valence-electron chi connectivity index (χ0n) is 6.34. The lowest BCUT2D eigenvalue weighted by Crippen LogP contribution is -2.33. The molecule has 1 aliphatic rings. The highest BCUT2D eigenvalue weighted by Gasteiger charge is 2.21. The van der Waals surface area contributed by atoms with E-state index < -0.39 is 12.2 Å². The number of carbonyl (C=O) groups is 1. The van der Waals surface area contributed by atoms with Crippen molar-refractivity contribution < 1.29 is 24.5 Å². The molecule has 5 heteroatoms. The number of aliphatic hydroxyl groups excluding tert-OH is 2. The molecule has 1 rings (SSSR count). The van der Waals surface area contributed by atoms with Gasteiger partial charge >= 0.3 is 0 Å². The summed E-state index contributed by atoms with van der Waals surface area (Å²) in [6.07, 6.45) is -0.522. The Bertz CT molecular complexity index is 188. The molecule has 5 nitrogen and oxygen atoms in total. The molecule has 2 N–H and O–H groups in total. The first-order chi connectivity index (χ1) is 5.74. The fourth-order valence-corrected chi connectivity index (χ4v) is 0.847. The van der Waals surface area contributed by atoms with Crippen molar-refractivity contribution in [2.75, 3.05) is 13.2 Å². The van der Waals surface area contributed by atoms with Gasteiger partial charge in [-0.25, -0.2) is 0 Å². The van der Waals surface area contributed by atoms with Crippen molar-refractivity contribution in [3.8, 4) is 0 Å². The monoisotopic (exact) mass is 174 g/mol. The van der Waals surface area contributed by atoms with Gasteiger partial charge in [-0.3, -0.25) is 4.79 Å². The summed E-state index contributed by atoms with van der Waals surface area (Å²) in [5.41, 5.74) is 0. The summed E-state index contributed by atoms with van der Waals surface area (Å²) in [5, 5.41) is 18.1. The van der Waals surface area contributed by atoms with E-state index in [4.69, 9.17) is 14.9 Å². The van der Waals surface area contributed by atoms with Gasteiger partial charge in [0.15, 0.2) is 0 Å². The van der Waals surface area contributed by atoms with Gasteiger partial charge in [-0.1, -0.05) is 0 Å². The summed E-state index contributed by atoms with van der Waals surface area (Å²) in [7, 11) is 0. The van der Waals surface area contributed by atoms with Crippen molar-refractivity contribution >= 4 is 6.47 Å². The van der Waals surface area contributed by atoms with Gasteiger partial charge in [-0.15, -0.1) is 0 Å². The van der Waals surface area contributed by atoms with Crippen LogP contribution in [0.2, 0.25) is 0 Å². The molecule has 2 atom stereocenters. The number of carbonyl (C=O) groups excluding carboxylic acids is 1. The van der Waals surface area contributed by atoms with Crippen LogP contribution in [0, 0.1) is 0 Å². The molecule has 0 saturated carbocycles. The van der Waals surface area contributed by atoms with Crippen molar-refractivity contribution in [3.05, 3.63) is 11.8 Å². The predicted molar refractivity (Wildman–Crippen MR) is 38.1 cm³/mol. The molecule has 1 unspecified atom stereocenters. The van der Waals surface area contributed by atoms with Crippen LogP contribution in [0.3, 0.4) is 0 Å². The van der Waals surface area contributed by atoms with Crippen LogP contribution in [0.1, 0.15) is 0 Å². The first-order valence-electron chi connectivity index (χ1n) is 3.49. The molecule has 0 bridgehead atoms. The lowest BCUT2D eigenvalue weighted by Gasteiger charge is -2.22. The Morgan fingerprint density at radius 2 is 2.50 bits per heavy atom. The largest absolute Gasteiger partial charge is 0.492 e. The number of rotatable bonds is 3. The Kier molecular flexibility index (Phi) is 3.07. The normalized spacial score (nSPS) is 28.7. The molecule has 0 aromatic heterocycles. The highest BCUT2D eigenvalue weighted by atomic mass is 16.6. The van der Waals surface area contributed by atoms with Crippen LogP contribution < -0.4 is 0 Å². The Balaban J connectivity index is 2.44. The molecule has 68 valence electrons. The van der Waals surface area contributed by atoms with E-state index in [1.165, 1.54) is 6.08 Å². The van der Waals surface area contributed by atoms with Gasteiger partial charge in [-0.05, 0) is 6.08 Å². The summed E-state index contributed by atoms with van der Waals surface area (Å²) in [5.74, 6) is 0.361. The molecular formula is C7H10O5. The van der Waals surface area contributed by atoms with Crippen molar-refractivity contribution in [1.82, 2.24) is 0 Å². The van der Waals surface area contributed by atoms with Gasteiger partial charge in [0, 0.05) is 0 Å². The second-order valence-corrected chi connectivity index (χ2v) is 2.41. The van der Waals surface area contributed by atoms with E-state index in [1.807, 2.05) is 0 Å². The summed E-state index contributed by atoms with van der Waals surface area (Å²) in [6, 6.07) is 0. The Hall–Kier alpha value is -1.07. The minimum atomic E-state index is -0.941. The molecule has 0 aliphatic carbocycles. The van der Waals surface area contributed by atoms with Crippen LogP contribution in [-0.2, 0) is 14.3 Å². The summed E-state index contributed by atoms with van der Waals surface area (Å²) >= 11 is 0. The van der Waals surface area contributed by atoms with Gasteiger partial charge in [0.05, 0.1) is 0 Å². The van der Waals surface area contributed by atoms with E-state index in [2.05, 4.69) is 4.74 Å². The highest BCUT2D eigenvalue weighted by molar-refractivity contribution is 5.37. The maximum atomic E-state index is 9.78. The van der Waals surface area contributed by atoms with Gasteiger partial charge < -0.3 is 19.7 Å². The number of hydrogen-bond donors (Lipinski definition) is 2. The maximum absolute atomic E-state index is 9.78. The van der Waals surface area contributed by atoms with Crippen LogP contribution in [0.15, 0.2) is 11.8 Å². The standard InChI is InChI=1S/C7H10O5/c8-4-11-2-5-1-6(9)7(10)3-12-5/h1,4,6-7,9-10H,2-3H2/t6-,7?/m0/s1. The van der Waals surface area contributed by atoms with Crippen molar-refractivity contribution in [3.63, 3.8) is 0 Å². The lowest BCUT2D eigenvalue weighted by atomic mass is 10.1. The molecule has 0 amide bonds. The Labute approximate surface area is 69.2 Å². The van der Waals surface area contributed by atoms with Crippen molar-refractivity contribution in [2.24, 2.45) is 0 Å². The fourth-order valence-electron chi connectivity index (χ4n) is 0.847. The zero-order valence-corrected chi connectivity index (χ0v) is 6.34. The third-order valence-electron chi connectivity index (χ3n) is 1.48.